The Labute approximate surface area is 105 Å². The Balaban J connectivity index is 1.93. The fourth-order valence-electron chi connectivity index (χ4n) is 1.92. The molecule has 18 heavy (non-hydrogen) atoms. The second-order valence-corrected chi connectivity index (χ2v) is 4.21. The lowest BCUT2D eigenvalue weighted by Crippen LogP contribution is -2.47. The molecule has 0 spiro atoms. The summed E-state index contributed by atoms with van der Waals surface area (Å²) in [5.74, 6) is 0.569. The summed E-state index contributed by atoms with van der Waals surface area (Å²) in [4.78, 5) is 12.3. The first-order valence-corrected chi connectivity index (χ1v) is 5.92. The first-order chi connectivity index (χ1) is 8.70. The lowest BCUT2D eigenvalue weighted by Gasteiger charge is -2.34. The van der Waals surface area contributed by atoms with Crippen molar-refractivity contribution in [1.29, 1.82) is 0 Å². The van der Waals surface area contributed by atoms with Gasteiger partial charge in [0.1, 0.15) is 6.67 Å². The van der Waals surface area contributed by atoms with Crippen LogP contribution in [0.1, 0.15) is 0 Å². The SMILES string of the molecule is OB(O)c1cnc(N2CCN(CCF)CC2)nc1. The molecule has 98 valence electrons. The standard InChI is InChI=1S/C10H16BFN4O2/c12-1-2-15-3-5-16(6-4-15)10-13-7-9(8-14-10)11(17)18/h7-8,17-18H,1-6H2. The molecule has 6 nitrogen and oxygen atoms in total. The minimum atomic E-state index is -1.54. The van der Waals surface area contributed by atoms with E-state index >= 15 is 0 Å². The van der Waals surface area contributed by atoms with Crippen LogP contribution in [0, 0.1) is 0 Å². The molecule has 0 saturated carbocycles. The molecule has 2 rings (SSSR count). The predicted molar refractivity (Wildman–Crippen MR) is 66.5 cm³/mol. The van der Waals surface area contributed by atoms with Gasteiger partial charge in [-0.1, -0.05) is 0 Å². The van der Waals surface area contributed by atoms with Crippen LogP contribution < -0.4 is 10.4 Å². The summed E-state index contributed by atoms with van der Waals surface area (Å²) in [6.07, 6.45) is 2.81. The zero-order chi connectivity index (χ0) is 13.0. The van der Waals surface area contributed by atoms with Crippen LogP contribution in [0.3, 0.4) is 0 Å². The zero-order valence-electron chi connectivity index (χ0n) is 10.0. The molecule has 0 bridgehead atoms. The Kier molecular flexibility index (Phi) is 4.46. The Morgan fingerprint density at radius 1 is 1.17 bits per heavy atom. The molecule has 0 unspecified atom stereocenters. The van der Waals surface area contributed by atoms with Gasteiger partial charge >= 0.3 is 7.12 Å². The van der Waals surface area contributed by atoms with E-state index in [1.54, 1.807) is 0 Å². The average Bonchev–Trinajstić information content (AvgIpc) is 2.40. The van der Waals surface area contributed by atoms with E-state index in [2.05, 4.69) is 14.9 Å². The van der Waals surface area contributed by atoms with Gasteiger partial charge < -0.3 is 14.9 Å². The maximum atomic E-state index is 12.2. The Hall–Kier alpha value is -1.25. The van der Waals surface area contributed by atoms with Gasteiger partial charge in [-0.15, -0.1) is 0 Å². The van der Waals surface area contributed by atoms with E-state index in [4.69, 9.17) is 10.0 Å². The monoisotopic (exact) mass is 254 g/mol. The van der Waals surface area contributed by atoms with Gasteiger partial charge in [0.05, 0.1) is 0 Å². The smallest absolute Gasteiger partial charge is 0.423 e. The number of hydrogen-bond acceptors (Lipinski definition) is 6. The highest BCUT2D eigenvalue weighted by atomic mass is 19.1. The summed E-state index contributed by atoms with van der Waals surface area (Å²) < 4.78 is 12.2. The highest BCUT2D eigenvalue weighted by molar-refractivity contribution is 6.58. The molecule has 2 N–H and O–H groups in total. The van der Waals surface area contributed by atoms with Gasteiger partial charge in [0.25, 0.3) is 0 Å². The molecule has 1 saturated heterocycles. The molecule has 0 atom stereocenters. The number of piperazine rings is 1. The van der Waals surface area contributed by atoms with Gasteiger partial charge in [0, 0.05) is 50.6 Å². The third-order valence-corrected chi connectivity index (χ3v) is 3.01. The molecular formula is C10H16BFN4O2. The fraction of sp³-hybridized carbons (Fsp3) is 0.600. The Bertz CT molecular complexity index is 371. The summed E-state index contributed by atoms with van der Waals surface area (Å²) >= 11 is 0. The van der Waals surface area contributed by atoms with Crippen LogP contribution in [0.25, 0.3) is 0 Å². The number of anilines is 1. The van der Waals surface area contributed by atoms with Crippen LogP contribution in [-0.4, -0.2) is 71.4 Å². The van der Waals surface area contributed by atoms with Gasteiger partial charge in [0.15, 0.2) is 0 Å². The lowest BCUT2D eigenvalue weighted by molar-refractivity contribution is 0.234. The van der Waals surface area contributed by atoms with Crippen LogP contribution >= 0.6 is 0 Å². The van der Waals surface area contributed by atoms with Gasteiger partial charge in [-0.25, -0.2) is 14.4 Å². The molecule has 1 aliphatic rings. The first kappa shape index (κ1) is 13.2. The Morgan fingerprint density at radius 2 is 1.78 bits per heavy atom. The van der Waals surface area contributed by atoms with E-state index in [1.165, 1.54) is 12.4 Å². The highest BCUT2D eigenvalue weighted by Gasteiger charge is 2.19. The minimum absolute atomic E-state index is 0.273. The quantitative estimate of drug-likeness (QED) is 0.621. The molecule has 1 aromatic heterocycles. The van der Waals surface area contributed by atoms with E-state index in [0.717, 1.165) is 26.2 Å². The zero-order valence-corrected chi connectivity index (χ0v) is 10.0. The van der Waals surface area contributed by atoms with Crippen LogP contribution in [0.2, 0.25) is 0 Å². The van der Waals surface area contributed by atoms with Crippen LogP contribution in [0.15, 0.2) is 12.4 Å². The van der Waals surface area contributed by atoms with Crippen LogP contribution in [0.5, 0.6) is 0 Å². The van der Waals surface area contributed by atoms with Crippen molar-refractivity contribution in [2.75, 3.05) is 44.3 Å². The number of alkyl halides is 1. The van der Waals surface area contributed by atoms with Crippen LogP contribution in [-0.2, 0) is 0 Å². The molecule has 8 heteroatoms. The van der Waals surface area contributed by atoms with Gasteiger partial charge in [-0.3, -0.25) is 4.90 Å². The van der Waals surface area contributed by atoms with Crippen molar-refractivity contribution in [3.05, 3.63) is 12.4 Å². The largest absolute Gasteiger partial charge is 0.491 e. The first-order valence-electron chi connectivity index (χ1n) is 5.92. The van der Waals surface area contributed by atoms with Crippen molar-refractivity contribution in [2.45, 2.75) is 0 Å². The summed E-state index contributed by atoms with van der Waals surface area (Å²) in [6.45, 7) is 3.24. The number of hydrogen-bond donors (Lipinski definition) is 2. The highest BCUT2D eigenvalue weighted by Crippen LogP contribution is 2.08. The van der Waals surface area contributed by atoms with Crippen molar-refractivity contribution >= 4 is 18.5 Å². The molecule has 1 aromatic rings. The maximum absolute atomic E-state index is 12.2. The topological polar surface area (TPSA) is 72.7 Å². The third-order valence-electron chi connectivity index (χ3n) is 3.01. The number of halogens is 1. The molecule has 0 aromatic carbocycles. The second-order valence-electron chi connectivity index (χ2n) is 4.21. The fourth-order valence-corrected chi connectivity index (χ4v) is 1.92. The molecule has 1 fully saturated rings. The lowest BCUT2D eigenvalue weighted by atomic mass is 9.83. The molecule has 0 radical (unpaired) electrons. The number of nitrogens with zero attached hydrogens (tertiary/aromatic N) is 4. The van der Waals surface area contributed by atoms with Crippen molar-refractivity contribution in [1.82, 2.24) is 14.9 Å². The molecule has 1 aliphatic heterocycles. The third kappa shape index (κ3) is 3.15. The number of rotatable bonds is 4. The van der Waals surface area contributed by atoms with Gasteiger partial charge in [-0.05, 0) is 0 Å². The average molecular weight is 254 g/mol. The van der Waals surface area contributed by atoms with E-state index in [9.17, 15) is 4.39 Å². The van der Waals surface area contributed by atoms with Gasteiger partial charge in [0.2, 0.25) is 5.95 Å². The van der Waals surface area contributed by atoms with E-state index in [-0.39, 0.29) is 12.1 Å². The van der Waals surface area contributed by atoms with Crippen molar-refractivity contribution in [3.8, 4) is 0 Å². The summed E-state index contributed by atoms with van der Waals surface area (Å²) in [5.41, 5.74) is 0.273. The van der Waals surface area contributed by atoms with E-state index in [0.29, 0.717) is 12.5 Å². The summed E-state index contributed by atoms with van der Waals surface area (Å²) in [7, 11) is -1.54. The predicted octanol–water partition coefficient (Wildman–Crippen LogP) is -1.75. The van der Waals surface area contributed by atoms with E-state index < -0.39 is 7.12 Å². The maximum Gasteiger partial charge on any atom is 0.491 e. The van der Waals surface area contributed by atoms with Crippen molar-refractivity contribution in [2.24, 2.45) is 0 Å². The summed E-state index contributed by atoms with van der Waals surface area (Å²) in [6, 6.07) is 0. The van der Waals surface area contributed by atoms with Crippen molar-refractivity contribution < 1.29 is 14.4 Å². The van der Waals surface area contributed by atoms with Crippen molar-refractivity contribution in [3.63, 3.8) is 0 Å². The van der Waals surface area contributed by atoms with E-state index in [1.807, 2.05) is 4.90 Å². The molecule has 2 heterocycles. The minimum Gasteiger partial charge on any atom is -0.423 e. The molecule has 0 aliphatic carbocycles. The molecular weight excluding hydrogens is 238 g/mol. The molecule has 0 amide bonds. The summed E-state index contributed by atoms with van der Waals surface area (Å²) in [5, 5.41) is 17.9. The number of aromatic nitrogens is 2. The Morgan fingerprint density at radius 3 is 2.28 bits per heavy atom. The van der Waals surface area contributed by atoms with Crippen LogP contribution in [0.4, 0.5) is 10.3 Å². The second kappa shape index (κ2) is 6.08. The normalized spacial score (nSPS) is 16.9. The van der Waals surface area contributed by atoms with Gasteiger partial charge in [-0.2, -0.15) is 0 Å².